The van der Waals surface area contributed by atoms with Gasteiger partial charge in [-0.2, -0.15) is 0 Å². The van der Waals surface area contributed by atoms with Crippen molar-refractivity contribution in [3.05, 3.63) is 71.3 Å². The zero-order valence-corrected chi connectivity index (χ0v) is 23.1. The standard InChI is InChI=1S/C30H40N4O5/c1-19(2)27(34-28(37)20(3)31-4)29(38)32-25(17-26(35)36)30(39-18-21-11-6-5-7-12-21)33-24-16-10-14-22-13-8-9-15-23(22)24/h5-9,11-13,15,19-20,24-25,27,31H,10,14,16-18H2,1-4H3,(H,32,38)(H,34,37)(H,35,36). The number of aliphatic carboxylic acids is 1. The molecule has 210 valence electrons. The number of carbonyl (C=O) groups excluding carboxylic acids is 2. The van der Waals surface area contributed by atoms with Gasteiger partial charge in [0, 0.05) is 0 Å². The summed E-state index contributed by atoms with van der Waals surface area (Å²) in [6.45, 7) is 5.51. The van der Waals surface area contributed by atoms with Gasteiger partial charge in [0.05, 0.1) is 18.5 Å². The third-order valence-electron chi connectivity index (χ3n) is 6.92. The molecule has 0 bridgehead atoms. The van der Waals surface area contributed by atoms with Crippen molar-refractivity contribution in [2.45, 2.75) is 77.2 Å². The van der Waals surface area contributed by atoms with Gasteiger partial charge in [-0.05, 0) is 55.8 Å². The maximum atomic E-state index is 13.4. The number of carboxylic acids is 1. The minimum absolute atomic E-state index is 0.161. The van der Waals surface area contributed by atoms with Crippen LogP contribution in [0.4, 0.5) is 0 Å². The number of likely N-dealkylation sites (N-methyl/N-ethyl adjacent to an activating group) is 1. The largest absolute Gasteiger partial charge is 0.481 e. The Hall–Kier alpha value is -3.72. The first-order chi connectivity index (χ1) is 18.7. The number of fused-ring (bicyclic) bond motifs is 1. The number of aryl methyl sites for hydroxylation is 1. The van der Waals surface area contributed by atoms with Gasteiger partial charge < -0.3 is 25.8 Å². The summed E-state index contributed by atoms with van der Waals surface area (Å²) in [7, 11) is 1.66. The number of ether oxygens (including phenoxy) is 1. The number of aliphatic imine (C=N–C) groups is 1. The van der Waals surface area contributed by atoms with Crippen LogP contribution in [-0.2, 0) is 32.1 Å². The van der Waals surface area contributed by atoms with E-state index in [0.29, 0.717) is 0 Å². The van der Waals surface area contributed by atoms with Crippen LogP contribution in [0.3, 0.4) is 0 Å². The maximum Gasteiger partial charge on any atom is 0.305 e. The summed E-state index contributed by atoms with van der Waals surface area (Å²) in [4.78, 5) is 42.8. The van der Waals surface area contributed by atoms with E-state index in [1.54, 1.807) is 14.0 Å². The molecule has 0 fully saturated rings. The fourth-order valence-electron chi connectivity index (χ4n) is 4.56. The molecule has 0 heterocycles. The van der Waals surface area contributed by atoms with Crippen LogP contribution in [0.15, 0.2) is 59.6 Å². The number of amides is 2. The van der Waals surface area contributed by atoms with Crippen molar-refractivity contribution in [3.63, 3.8) is 0 Å². The van der Waals surface area contributed by atoms with E-state index in [2.05, 4.69) is 22.0 Å². The quantitative estimate of drug-likeness (QED) is 0.243. The molecule has 3 rings (SSSR count). The average molecular weight is 537 g/mol. The van der Waals surface area contributed by atoms with Crippen molar-refractivity contribution in [2.24, 2.45) is 10.9 Å². The third kappa shape index (κ3) is 8.64. The molecule has 4 unspecified atom stereocenters. The van der Waals surface area contributed by atoms with Crippen LogP contribution >= 0.6 is 0 Å². The lowest BCUT2D eigenvalue weighted by molar-refractivity contribution is -0.137. The van der Waals surface area contributed by atoms with Crippen LogP contribution in [0, 0.1) is 5.92 Å². The van der Waals surface area contributed by atoms with Crippen molar-refractivity contribution in [2.75, 3.05) is 7.05 Å². The molecule has 9 heteroatoms. The molecule has 9 nitrogen and oxygen atoms in total. The molecular weight excluding hydrogens is 496 g/mol. The summed E-state index contributed by atoms with van der Waals surface area (Å²) >= 11 is 0. The third-order valence-corrected chi connectivity index (χ3v) is 6.92. The van der Waals surface area contributed by atoms with Crippen molar-refractivity contribution in [3.8, 4) is 0 Å². The second-order valence-corrected chi connectivity index (χ2v) is 10.2. The fraction of sp³-hybridized carbons (Fsp3) is 0.467. The number of hydrogen-bond acceptors (Lipinski definition) is 6. The molecular formula is C30H40N4O5. The molecule has 0 aliphatic heterocycles. The molecule has 0 saturated heterocycles. The van der Waals surface area contributed by atoms with Gasteiger partial charge in [-0.15, -0.1) is 0 Å². The summed E-state index contributed by atoms with van der Waals surface area (Å²) in [5.41, 5.74) is 3.18. The van der Waals surface area contributed by atoms with Crippen LogP contribution < -0.4 is 16.0 Å². The van der Waals surface area contributed by atoms with E-state index < -0.39 is 36.4 Å². The lowest BCUT2D eigenvalue weighted by Gasteiger charge is -2.28. The van der Waals surface area contributed by atoms with E-state index in [1.165, 1.54) is 5.56 Å². The number of carboxylic acid groups (broad SMARTS) is 1. The van der Waals surface area contributed by atoms with Crippen molar-refractivity contribution in [1.29, 1.82) is 0 Å². The Kier molecular flexibility index (Phi) is 11.0. The maximum absolute atomic E-state index is 13.4. The van der Waals surface area contributed by atoms with Gasteiger partial charge in [0.1, 0.15) is 18.7 Å². The van der Waals surface area contributed by atoms with Crippen LogP contribution in [0.2, 0.25) is 0 Å². The SMILES string of the molecule is CNC(C)C(=O)NC(C(=O)NC(CC(=O)O)C(=NC1CCCc2ccccc21)OCc1ccccc1)C(C)C. The Morgan fingerprint density at radius 1 is 1.00 bits per heavy atom. The molecule has 2 amide bonds. The predicted molar refractivity (Wildman–Crippen MR) is 150 cm³/mol. The smallest absolute Gasteiger partial charge is 0.305 e. The lowest BCUT2D eigenvalue weighted by Crippen LogP contribution is -2.56. The molecule has 0 saturated carbocycles. The molecule has 0 spiro atoms. The number of hydrogen-bond donors (Lipinski definition) is 4. The molecule has 2 aromatic rings. The van der Waals surface area contributed by atoms with Crippen molar-refractivity contribution in [1.82, 2.24) is 16.0 Å². The topological polar surface area (TPSA) is 129 Å². The highest BCUT2D eigenvalue weighted by Crippen LogP contribution is 2.33. The molecule has 4 N–H and O–H groups in total. The van der Waals surface area contributed by atoms with E-state index in [9.17, 15) is 19.5 Å². The first kappa shape index (κ1) is 29.8. The number of nitrogens with one attached hydrogen (secondary N) is 3. The summed E-state index contributed by atoms with van der Waals surface area (Å²) in [5.74, 6) is -2.00. The van der Waals surface area contributed by atoms with Gasteiger partial charge in [-0.3, -0.25) is 14.4 Å². The molecule has 4 atom stereocenters. The van der Waals surface area contributed by atoms with Crippen LogP contribution in [0.25, 0.3) is 0 Å². The Balaban J connectivity index is 1.93. The van der Waals surface area contributed by atoms with Crippen molar-refractivity contribution >= 4 is 23.7 Å². The van der Waals surface area contributed by atoms with Gasteiger partial charge in [-0.25, -0.2) is 4.99 Å². The monoisotopic (exact) mass is 536 g/mol. The summed E-state index contributed by atoms with van der Waals surface area (Å²) in [5, 5.41) is 18.2. The predicted octanol–water partition coefficient (Wildman–Crippen LogP) is 3.39. The molecule has 1 aliphatic carbocycles. The number of carbonyl (C=O) groups is 3. The van der Waals surface area contributed by atoms with Gasteiger partial charge in [0.2, 0.25) is 17.7 Å². The highest BCUT2D eigenvalue weighted by Gasteiger charge is 2.32. The van der Waals surface area contributed by atoms with Gasteiger partial charge in [0.25, 0.3) is 0 Å². The zero-order valence-electron chi connectivity index (χ0n) is 23.1. The normalized spacial score (nSPS) is 17.5. The van der Waals surface area contributed by atoms with Crippen molar-refractivity contribution < 1.29 is 24.2 Å². The number of rotatable bonds is 12. The van der Waals surface area contributed by atoms with E-state index in [-0.39, 0.29) is 30.4 Å². The zero-order chi connectivity index (χ0) is 28.4. The molecule has 39 heavy (non-hydrogen) atoms. The van der Waals surface area contributed by atoms with Crippen LogP contribution in [-0.4, -0.2) is 54.0 Å². The van der Waals surface area contributed by atoms with E-state index in [0.717, 1.165) is 30.4 Å². The summed E-state index contributed by atoms with van der Waals surface area (Å²) < 4.78 is 6.16. The minimum Gasteiger partial charge on any atom is -0.481 e. The summed E-state index contributed by atoms with van der Waals surface area (Å²) in [6.07, 6.45) is 2.27. The first-order valence-electron chi connectivity index (χ1n) is 13.5. The van der Waals surface area contributed by atoms with E-state index in [4.69, 9.17) is 9.73 Å². The summed E-state index contributed by atoms with van der Waals surface area (Å²) in [6, 6.07) is 15.0. The van der Waals surface area contributed by atoms with E-state index in [1.807, 2.05) is 62.4 Å². The Morgan fingerprint density at radius 2 is 1.69 bits per heavy atom. The van der Waals surface area contributed by atoms with Gasteiger partial charge in [0.15, 0.2) is 0 Å². The second kappa shape index (κ2) is 14.4. The van der Waals surface area contributed by atoms with Gasteiger partial charge >= 0.3 is 5.97 Å². The van der Waals surface area contributed by atoms with Crippen LogP contribution in [0.1, 0.15) is 62.8 Å². The first-order valence-corrected chi connectivity index (χ1v) is 13.5. The highest BCUT2D eigenvalue weighted by molar-refractivity contribution is 5.94. The Morgan fingerprint density at radius 3 is 2.36 bits per heavy atom. The van der Waals surface area contributed by atoms with Crippen LogP contribution in [0.5, 0.6) is 0 Å². The Labute approximate surface area is 230 Å². The van der Waals surface area contributed by atoms with Gasteiger partial charge in [-0.1, -0.05) is 68.4 Å². The molecule has 1 aliphatic rings. The highest BCUT2D eigenvalue weighted by atomic mass is 16.5. The second-order valence-electron chi connectivity index (χ2n) is 10.2. The fourth-order valence-corrected chi connectivity index (χ4v) is 4.56. The Bertz CT molecular complexity index is 1150. The molecule has 0 radical (unpaired) electrons. The molecule has 2 aromatic carbocycles. The molecule has 0 aromatic heterocycles. The number of benzene rings is 2. The average Bonchev–Trinajstić information content (AvgIpc) is 2.93. The minimum atomic E-state index is -1.10. The number of nitrogens with zero attached hydrogens (tertiary/aromatic N) is 1. The lowest BCUT2D eigenvalue weighted by atomic mass is 9.88. The van der Waals surface area contributed by atoms with E-state index >= 15 is 0 Å².